The third-order valence-corrected chi connectivity index (χ3v) is 3.19. The van der Waals surface area contributed by atoms with E-state index in [0.717, 1.165) is 24.5 Å². The van der Waals surface area contributed by atoms with E-state index >= 15 is 0 Å². The molecule has 5 heteroatoms. The number of nitrogens with zero attached hydrogens (tertiary/aromatic N) is 2. The summed E-state index contributed by atoms with van der Waals surface area (Å²) in [5.41, 5.74) is 0. The zero-order valence-corrected chi connectivity index (χ0v) is 8.90. The molecule has 1 aromatic rings. The predicted molar refractivity (Wildman–Crippen MR) is 50.3 cm³/mol. The lowest BCUT2D eigenvalue weighted by molar-refractivity contribution is 0.111. The van der Waals surface area contributed by atoms with E-state index in [1.807, 2.05) is 0 Å². The quantitative estimate of drug-likeness (QED) is 0.804. The first kappa shape index (κ1) is 8.59. The van der Waals surface area contributed by atoms with Gasteiger partial charge in [-0.1, -0.05) is 0 Å². The van der Waals surface area contributed by atoms with Crippen LogP contribution in [0, 0.1) is 0 Å². The Morgan fingerprint density at radius 2 is 2.58 bits per heavy atom. The fourth-order valence-electron chi connectivity index (χ4n) is 1.32. The third-order valence-electron chi connectivity index (χ3n) is 1.87. The van der Waals surface area contributed by atoms with Crippen LogP contribution in [-0.2, 0) is 11.2 Å². The zero-order valence-electron chi connectivity index (χ0n) is 6.49. The molecule has 0 bridgehead atoms. The highest BCUT2D eigenvalue weighted by atomic mass is 79.9. The molecule has 1 aliphatic heterocycles. The summed E-state index contributed by atoms with van der Waals surface area (Å²) in [6.45, 7) is 0.907. The highest BCUT2D eigenvalue weighted by molar-refractivity contribution is 9.10. The van der Waals surface area contributed by atoms with E-state index in [0.29, 0.717) is 10.8 Å². The van der Waals surface area contributed by atoms with Crippen LogP contribution in [0.25, 0.3) is 0 Å². The minimum absolute atomic E-state index is 0.379. The second-order valence-corrected chi connectivity index (χ2v) is 4.34. The summed E-state index contributed by atoms with van der Waals surface area (Å²) in [6.07, 6.45) is 3.65. The van der Waals surface area contributed by atoms with E-state index in [2.05, 4.69) is 25.3 Å². The van der Waals surface area contributed by atoms with Crippen LogP contribution in [0.4, 0.5) is 0 Å². The van der Waals surface area contributed by atoms with E-state index in [9.17, 15) is 0 Å². The fourth-order valence-corrected chi connectivity index (χ4v) is 2.47. The Balaban J connectivity index is 1.94. The number of rotatable bonds is 2. The predicted octanol–water partition coefficient (Wildman–Crippen LogP) is 2.02. The molecular formula is C7H9BrN2OS. The summed E-state index contributed by atoms with van der Waals surface area (Å²) in [5, 5.41) is 1.06. The van der Waals surface area contributed by atoms with Gasteiger partial charge in [0.15, 0.2) is 0 Å². The van der Waals surface area contributed by atoms with E-state index in [1.54, 1.807) is 0 Å². The average Bonchev–Trinajstić information content (AvgIpc) is 2.63. The molecule has 1 aliphatic rings. The molecule has 0 spiro atoms. The van der Waals surface area contributed by atoms with Crippen LogP contribution < -0.4 is 0 Å². The summed E-state index contributed by atoms with van der Waals surface area (Å²) < 4.78 is 10.2. The highest BCUT2D eigenvalue weighted by Crippen LogP contribution is 2.19. The van der Waals surface area contributed by atoms with Crippen molar-refractivity contribution >= 4 is 27.5 Å². The number of aromatic nitrogens is 2. The molecule has 0 radical (unpaired) electrons. The fraction of sp³-hybridized carbons (Fsp3) is 0.714. The summed E-state index contributed by atoms with van der Waals surface area (Å²) in [7, 11) is 0. The van der Waals surface area contributed by atoms with Gasteiger partial charge in [0.1, 0.15) is 5.01 Å². The maximum atomic E-state index is 5.49. The number of hydrogen-bond acceptors (Lipinski definition) is 4. The summed E-state index contributed by atoms with van der Waals surface area (Å²) in [6, 6.07) is 0. The van der Waals surface area contributed by atoms with E-state index < -0.39 is 0 Å². The van der Waals surface area contributed by atoms with Crippen molar-refractivity contribution in [2.75, 3.05) is 6.61 Å². The van der Waals surface area contributed by atoms with Crippen molar-refractivity contribution in [2.45, 2.75) is 25.4 Å². The van der Waals surface area contributed by atoms with Gasteiger partial charge < -0.3 is 4.74 Å². The molecule has 0 saturated carbocycles. The Labute approximate surface area is 83.5 Å². The Kier molecular flexibility index (Phi) is 2.73. The normalized spacial score (nSPS) is 23.2. The molecule has 0 aliphatic carbocycles. The topological polar surface area (TPSA) is 35.0 Å². The largest absolute Gasteiger partial charge is 0.378 e. The SMILES string of the molecule is Brc1nsc(CC2CCCO2)n1. The van der Waals surface area contributed by atoms with Gasteiger partial charge in [-0.3, -0.25) is 0 Å². The number of hydrogen-bond donors (Lipinski definition) is 0. The summed E-state index contributed by atoms with van der Waals surface area (Å²) in [4.78, 5) is 4.22. The van der Waals surface area contributed by atoms with Gasteiger partial charge in [-0.05, 0) is 40.3 Å². The van der Waals surface area contributed by atoms with Gasteiger partial charge in [-0.2, -0.15) is 4.37 Å². The molecule has 1 atom stereocenters. The van der Waals surface area contributed by atoms with Gasteiger partial charge in [-0.15, -0.1) is 0 Å². The van der Waals surface area contributed by atoms with Crippen molar-refractivity contribution in [3.05, 3.63) is 9.74 Å². The van der Waals surface area contributed by atoms with Gasteiger partial charge in [0.25, 0.3) is 0 Å². The van der Waals surface area contributed by atoms with Crippen LogP contribution in [0.2, 0.25) is 0 Å². The molecule has 2 rings (SSSR count). The summed E-state index contributed by atoms with van der Waals surface area (Å²) in [5.74, 6) is 0. The maximum absolute atomic E-state index is 5.49. The average molecular weight is 249 g/mol. The highest BCUT2D eigenvalue weighted by Gasteiger charge is 2.17. The van der Waals surface area contributed by atoms with Crippen LogP contribution in [0.5, 0.6) is 0 Å². The molecule has 0 aromatic carbocycles. The second kappa shape index (κ2) is 3.81. The Bertz CT molecular complexity index is 260. The van der Waals surface area contributed by atoms with Crippen molar-refractivity contribution in [3.63, 3.8) is 0 Å². The van der Waals surface area contributed by atoms with Crippen LogP contribution in [0.1, 0.15) is 17.8 Å². The zero-order chi connectivity index (χ0) is 8.39. The van der Waals surface area contributed by atoms with Crippen molar-refractivity contribution in [1.82, 2.24) is 9.36 Å². The lowest BCUT2D eigenvalue weighted by Crippen LogP contribution is -2.08. The van der Waals surface area contributed by atoms with Gasteiger partial charge in [0.2, 0.25) is 4.73 Å². The molecule has 1 aromatic heterocycles. The standard InChI is InChI=1S/C7H9BrN2OS/c8-7-9-6(12-10-7)4-5-2-1-3-11-5/h5H,1-4H2. The third kappa shape index (κ3) is 2.02. The smallest absolute Gasteiger partial charge is 0.209 e. The molecule has 1 fully saturated rings. The van der Waals surface area contributed by atoms with Crippen molar-refractivity contribution in [1.29, 1.82) is 0 Å². The Morgan fingerprint density at radius 3 is 3.17 bits per heavy atom. The van der Waals surface area contributed by atoms with Gasteiger partial charge in [0.05, 0.1) is 6.10 Å². The van der Waals surface area contributed by atoms with Gasteiger partial charge in [-0.25, -0.2) is 4.98 Å². The van der Waals surface area contributed by atoms with E-state index in [1.165, 1.54) is 18.0 Å². The van der Waals surface area contributed by atoms with Crippen LogP contribution in [0.15, 0.2) is 4.73 Å². The van der Waals surface area contributed by atoms with Crippen LogP contribution in [-0.4, -0.2) is 22.1 Å². The molecular weight excluding hydrogens is 240 g/mol. The Hall–Kier alpha value is -0.0000000000000000278. The molecule has 1 saturated heterocycles. The minimum Gasteiger partial charge on any atom is -0.378 e. The summed E-state index contributed by atoms with van der Waals surface area (Å²) >= 11 is 4.68. The Morgan fingerprint density at radius 1 is 1.67 bits per heavy atom. The molecule has 3 nitrogen and oxygen atoms in total. The minimum atomic E-state index is 0.379. The second-order valence-electron chi connectivity index (χ2n) is 2.80. The first-order valence-electron chi connectivity index (χ1n) is 3.94. The van der Waals surface area contributed by atoms with Gasteiger partial charge in [0, 0.05) is 13.0 Å². The van der Waals surface area contributed by atoms with Gasteiger partial charge >= 0.3 is 0 Å². The van der Waals surface area contributed by atoms with Crippen molar-refractivity contribution in [2.24, 2.45) is 0 Å². The van der Waals surface area contributed by atoms with Crippen LogP contribution >= 0.6 is 27.5 Å². The molecule has 0 amide bonds. The molecule has 0 N–H and O–H groups in total. The maximum Gasteiger partial charge on any atom is 0.209 e. The first-order valence-corrected chi connectivity index (χ1v) is 5.51. The molecule has 66 valence electrons. The lowest BCUT2D eigenvalue weighted by atomic mass is 10.2. The van der Waals surface area contributed by atoms with Crippen molar-refractivity contribution < 1.29 is 4.74 Å². The molecule has 12 heavy (non-hydrogen) atoms. The first-order chi connectivity index (χ1) is 5.84. The van der Waals surface area contributed by atoms with E-state index in [4.69, 9.17) is 4.74 Å². The molecule has 1 unspecified atom stereocenters. The molecule has 2 heterocycles. The monoisotopic (exact) mass is 248 g/mol. The lowest BCUT2D eigenvalue weighted by Gasteiger charge is -2.04. The van der Waals surface area contributed by atoms with Crippen LogP contribution in [0.3, 0.4) is 0 Å². The number of ether oxygens (including phenoxy) is 1. The number of halogens is 1. The van der Waals surface area contributed by atoms with Crippen molar-refractivity contribution in [3.8, 4) is 0 Å². The van der Waals surface area contributed by atoms with E-state index in [-0.39, 0.29) is 0 Å².